The molecule has 3 heteroatoms. The number of aryl methyl sites for hydroxylation is 1. The average Bonchev–Trinajstić information content (AvgIpc) is 2.73. The van der Waals surface area contributed by atoms with Crippen molar-refractivity contribution in [2.45, 2.75) is 53.4 Å². The van der Waals surface area contributed by atoms with Crippen molar-refractivity contribution in [3.05, 3.63) is 16.1 Å². The number of nitrogens with zero attached hydrogens (tertiary/aromatic N) is 1. The fourth-order valence-corrected chi connectivity index (χ4v) is 4.02. The number of aromatic nitrogens is 1. The summed E-state index contributed by atoms with van der Waals surface area (Å²) in [6.07, 6.45) is 5.26. The molecule has 0 aromatic carbocycles. The van der Waals surface area contributed by atoms with Crippen molar-refractivity contribution in [2.75, 3.05) is 13.1 Å². The van der Waals surface area contributed by atoms with E-state index >= 15 is 0 Å². The van der Waals surface area contributed by atoms with E-state index in [1.54, 1.807) is 11.3 Å². The summed E-state index contributed by atoms with van der Waals surface area (Å²) >= 11 is 1.79. The van der Waals surface area contributed by atoms with Crippen molar-refractivity contribution in [3.63, 3.8) is 0 Å². The standard InChI is InChI=1S/C16H28N2S/c1-5-17-10-13-6-7-16(3,4)9-14(13)8-15-11-19-12(2)18-15/h11,13-14,17H,5-10H2,1-4H3. The lowest BCUT2D eigenvalue weighted by Gasteiger charge is -2.41. The Bertz CT molecular complexity index is 397. The Morgan fingerprint density at radius 1 is 1.42 bits per heavy atom. The Kier molecular flexibility index (Phi) is 5.02. The Morgan fingerprint density at radius 3 is 2.84 bits per heavy atom. The summed E-state index contributed by atoms with van der Waals surface area (Å²) in [5.41, 5.74) is 1.82. The minimum atomic E-state index is 0.512. The zero-order chi connectivity index (χ0) is 13.9. The minimum absolute atomic E-state index is 0.512. The van der Waals surface area contributed by atoms with Crippen LogP contribution in [0.3, 0.4) is 0 Å². The largest absolute Gasteiger partial charge is 0.317 e. The molecule has 1 aromatic heterocycles. The molecule has 2 nitrogen and oxygen atoms in total. The van der Waals surface area contributed by atoms with Gasteiger partial charge in [0.15, 0.2) is 0 Å². The second-order valence-electron chi connectivity index (χ2n) is 6.80. The van der Waals surface area contributed by atoms with E-state index < -0.39 is 0 Å². The van der Waals surface area contributed by atoms with Crippen LogP contribution in [0, 0.1) is 24.2 Å². The van der Waals surface area contributed by atoms with Crippen molar-refractivity contribution in [1.82, 2.24) is 10.3 Å². The van der Waals surface area contributed by atoms with Crippen molar-refractivity contribution in [2.24, 2.45) is 17.3 Å². The number of thiazole rings is 1. The van der Waals surface area contributed by atoms with E-state index in [0.29, 0.717) is 5.41 Å². The predicted octanol–water partition coefficient (Wildman–Crippen LogP) is 4.05. The number of rotatable bonds is 5. The van der Waals surface area contributed by atoms with E-state index in [1.807, 2.05) is 0 Å². The maximum Gasteiger partial charge on any atom is 0.0897 e. The quantitative estimate of drug-likeness (QED) is 0.880. The summed E-state index contributed by atoms with van der Waals surface area (Å²) in [6, 6.07) is 0. The molecule has 0 aliphatic heterocycles. The second-order valence-corrected chi connectivity index (χ2v) is 7.86. The first-order valence-corrected chi connectivity index (χ1v) is 8.50. The molecule has 0 saturated heterocycles. The fraction of sp³-hybridized carbons (Fsp3) is 0.812. The van der Waals surface area contributed by atoms with Gasteiger partial charge in [-0.15, -0.1) is 11.3 Å². The molecule has 1 N–H and O–H groups in total. The molecule has 1 aliphatic rings. The van der Waals surface area contributed by atoms with Crippen LogP contribution in [0.25, 0.3) is 0 Å². The molecule has 0 radical (unpaired) electrons. The van der Waals surface area contributed by atoms with Crippen LogP contribution in [0.1, 0.15) is 50.7 Å². The highest BCUT2D eigenvalue weighted by molar-refractivity contribution is 7.09. The fourth-order valence-electron chi connectivity index (χ4n) is 3.40. The van der Waals surface area contributed by atoms with Crippen LogP contribution in [-0.2, 0) is 6.42 Å². The topological polar surface area (TPSA) is 24.9 Å². The molecule has 1 aromatic rings. The van der Waals surface area contributed by atoms with Gasteiger partial charge in [-0.3, -0.25) is 0 Å². The Balaban J connectivity index is 2.02. The molecule has 0 amide bonds. The van der Waals surface area contributed by atoms with Crippen LogP contribution in [0.2, 0.25) is 0 Å². The molecule has 2 rings (SSSR count). The molecular formula is C16H28N2S. The zero-order valence-corrected chi connectivity index (χ0v) is 13.6. The molecule has 0 bridgehead atoms. The van der Waals surface area contributed by atoms with Crippen molar-refractivity contribution < 1.29 is 0 Å². The first-order chi connectivity index (χ1) is 9.00. The smallest absolute Gasteiger partial charge is 0.0897 e. The minimum Gasteiger partial charge on any atom is -0.317 e. The molecule has 1 aliphatic carbocycles. The predicted molar refractivity (Wildman–Crippen MR) is 83.7 cm³/mol. The third kappa shape index (κ3) is 4.28. The summed E-state index contributed by atoms with van der Waals surface area (Å²) in [4.78, 5) is 4.67. The van der Waals surface area contributed by atoms with Gasteiger partial charge < -0.3 is 5.32 Å². The van der Waals surface area contributed by atoms with Crippen LogP contribution in [0.15, 0.2) is 5.38 Å². The summed E-state index contributed by atoms with van der Waals surface area (Å²) in [7, 11) is 0. The summed E-state index contributed by atoms with van der Waals surface area (Å²) in [5, 5.41) is 7.00. The Morgan fingerprint density at radius 2 is 2.21 bits per heavy atom. The molecule has 19 heavy (non-hydrogen) atoms. The Hall–Kier alpha value is -0.410. The highest BCUT2D eigenvalue weighted by atomic mass is 32.1. The van der Waals surface area contributed by atoms with E-state index in [0.717, 1.165) is 18.4 Å². The molecule has 1 heterocycles. The van der Waals surface area contributed by atoms with Crippen molar-refractivity contribution >= 4 is 11.3 Å². The van der Waals surface area contributed by atoms with Gasteiger partial charge in [-0.05, 0) is 62.9 Å². The lowest BCUT2D eigenvalue weighted by molar-refractivity contribution is 0.116. The number of hydrogen-bond acceptors (Lipinski definition) is 3. The highest BCUT2D eigenvalue weighted by Gasteiger charge is 2.34. The summed E-state index contributed by atoms with van der Waals surface area (Å²) < 4.78 is 0. The van der Waals surface area contributed by atoms with E-state index in [9.17, 15) is 0 Å². The SMILES string of the molecule is CCNCC1CCC(C)(C)CC1Cc1csc(C)n1. The normalized spacial score (nSPS) is 26.5. The molecule has 2 unspecified atom stereocenters. The van der Waals surface area contributed by atoms with Gasteiger partial charge in [0.2, 0.25) is 0 Å². The van der Waals surface area contributed by atoms with Crippen LogP contribution >= 0.6 is 11.3 Å². The highest BCUT2D eigenvalue weighted by Crippen LogP contribution is 2.43. The van der Waals surface area contributed by atoms with Gasteiger partial charge in [-0.1, -0.05) is 20.8 Å². The Labute approximate surface area is 122 Å². The molecule has 1 saturated carbocycles. The molecule has 0 spiro atoms. The third-order valence-corrected chi connectivity index (χ3v) is 5.29. The summed E-state index contributed by atoms with van der Waals surface area (Å²) in [6.45, 7) is 11.4. The van der Waals surface area contributed by atoms with Gasteiger partial charge in [0, 0.05) is 5.38 Å². The van der Waals surface area contributed by atoms with Crippen molar-refractivity contribution in [1.29, 1.82) is 0 Å². The van der Waals surface area contributed by atoms with E-state index in [-0.39, 0.29) is 0 Å². The van der Waals surface area contributed by atoms with Gasteiger partial charge in [0.1, 0.15) is 0 Å². The van der Waals surface area contributed by atoms with Crippen LogP contribution in [-0.4, -0.2) is 18.1 Å². The first kappa shape index (κ1) is 15.0. The maximum atomic E-state index is 4.67. The molecule has 108 valence electrons. The number of nitrogens with one attached hydrogen (secondary N) is 1. The monoisotopic (exact) mass is 280 g/mol. The van der Waals surface area contributed by atoms with Crippen molar-refractivity contribution in [3.8, 4) is 0 Å². The van der Waals surface area contributed by atoms with Gasteiger partial charge in [-0.2, -0.15) is 0 Å². The molecule has 1 fully saturated rings. The second kappa shape index (κ2) is 6.36. The van der Waals surface area contributed by atoms with E-state index in [4.69, 9.17) is 0 Å². The number of hydrogen-bond donors (Lipinski definition) is 1. The average molecular weight is 280 g/mol. The van der Waals surface area contributed by atoms with E-state index in [1.165, 1.54) is 42.9 Å². The van der Waals surface area contributed by atoms with Gasteiger partial charge in [0.05, 0.1) is 10.7 Å². The molecular weight excluding hydrogens is 252 g/mol. The van der Waals surface area contributed by atoms with E-state index in [2.05, 4.69) is 43.4 Å². The first-order valence-electron chi connectivity index (χ1n) is 7.62. The summed E-state index contributed by atoms with van der Waals surface area (Å²) in [5.74, 6) is 1.62. The maximum absolute atomic E-state index is 4.67. The lowest BCUT2D eigenvalue weighted by atomic mass is 9.66. The third-order valence-electron chi connectivity index (χ3n) is 4.47. The van der Waals surface area contributed by atoms with Gasteiger partial charge in [0.25, 0.3) is 0 Å². The molecule has 2 atom stereocenters. The lowest BCUT2D eigenvalue weighted by Crippen LogP contribution is -2.37. The van der Waals surface area contributed by atoms with Gasteiger partial charge in [-0.25, -0.2) is 4.98 Å². The zero-order valence-electron chi connectivity index (χ0n) is 12.8. The van der Waals surface area contributed by atoms with Crippen LogP contribution in [0.4, 0.5) is 0 Å². The van der Waals surface area contributed by atoms with Crippen LogP contribution < -0.4 is 5.32 Å². The van der Waals surface area contributed by atoms with Gasteiger partial charge >= 0.3 is 0 Å². The van der Waals surface area contributed by atoms with Crippen LogP contribution in [0.5, 0.6) is 0 Å².